The molecule has 0 unspecified atom stereocenters. The van der Waals surface area contributed by atoms with E-state index in [4.69, 9.17) is 22.1 Å². The third-order valence-corrected chi connectivity index (χ3v) is 9.31. The van der Waals surface area contributed by atoms with E-state index in [0.29, 0.717) is 11.4 Å². The van der Waals surface area contributed by atoms with Crippen LogP contribution in [-0.4, -0.2) is 65.9 Å². The molecule has 2 atom stereocenters. The zero-order chi connectivity index (χ0) is 37.6. The van der Waals surface area contributed by atoms with Gasteiger partial charge in [0.2, 0.25) is 0 Å². The van der Waals surface area contributed by atoms with Crippen molar-refractivity contribution in [1.29, 1.82) is 0 Å². The van der Waals surface area contributed by atoms with E-state index in [-0.39, 0.29) is 34.7 Å². The molecule has 2 aliphatic rings. The van der Waals surface area contributed by atoms with E-state index < -0.39 is 78.4 Å². The topological polar surface area (TPSA) is 141 Å². The summed E-state index contributed by atoms with van der Waals surface area (Å²) in [6.45, 7) is 1.76. The first-order valence-corrected chi connectivity index (χ1v) is 16.3. The highest BCUT2D eigenvalue weighted by Crippen LogP contribution is 2.60. The van der Waals surface area contributed by atoms with Crippen LogP contribution in [0.5, 0.6) is 0 Å². The van der Waals surface area contributed by atoms with Crippen LogP contribution in [0.2, 0.25) is 5.02 Å². The van der Waals surface area contributed by atoms with Crippen LogP contribution in [0.4, 0.5) is 26.3 Å². The van der Waals surface area contributed by atoms with Gasteiger partial charge in [-0.25, -0.2) is 37.8 Å². The van der Waals surface area contributed by atoms with Crippen LogP contribution in [0.25, 0.3) is 17.1 Å². The second-order valence-electron chi connectivity index (χ2n) is 13.2. The van der Waals surface area contributed by atoms with Gasteiger partial charge >= 0.3 is 12.1 Å². The molecule has 1 fully saturated rings. The Morgan fingerprint density at radius 3 is 2.31 bits per heavy atom. The number of nitrogens with two attached hydrogens (primary N) is 1. The number of halogens is 7. The van der Waals surface area contributed by atoms with Crippen molar-refractivity contribution in [3.63, 3.8) is 0 Å². The summed E-state index contributed by atoms with van der Waals surface area (Å²) in [4.78, 5) is 45.1. The number of esters is 1. The number of hydrogen-bond acceptors (Lipinski definition) is 9. The van der Waals surface area contributed by atoms with Gasteiger partial charge in [-0.2, -0.15) is 18.3 Å². The highest BCUT2D eigenvalue weighted by molar-refractivity contribution is 6.32. The molecular formula is C34H31ClF6N8O3. The van der Waals surface area contributed by atoms with Gasteiger partial charge in [-0.3, -0.25) is 14.5 Å². The second kappa shape index (κ2) is 13.5. The van der Waals surface area contributed by atoms with E-state index in [1.165, 1.54) is 32.0 Å². The lowest BCUT2D eigenvalue weighted by Gasteiger charge is -2.33. The zero-order valence-electron chi connectivity index (χ0n) is 27.6. The maximum atomic E-state index is 15.6. The van der Waals surface area contributed by atoms with Crippen LogP contribution < -0.4 is 5.73 Å². The number of hydrogen-bond donors (Lipinski definition) is 1. The number of carbonyl (C=O) groups excluding carboxylic acids is 2. The summed E-state index contributed by atoms with van der Waals surface area (Å²) < 4.78 is 90.3. The van der Waals surface area contributed by atoms with E-state index in [2.05, 4.69) is 25.0 Å². The first-order valence-electron chi connectivity index (χ1n) is 15.9. The van der Waals surface area contributed by atoms with Crippen LogP contribution in [0.3, 0.4) is 0 Å². The summed E-state index contributed by atoms with van der Waals surface area (Å²) in [6, 6.07) is 10.5. The molecule has 1 saturated carbocycles. The van der Waals surface area contributed by atoms with E-state index in [1.807, 2.05) is 0 Å². The van der Waals surface area contributed by atoms with Gasteiger partial charge in [-0.05, 0) is 56.0 Å². The van der Waals surface area contributed by atoms with Gasteiger partial charge in [-0.1, -0.05) is 41.9 Å². The number of rotatable bonds is 12. The third-order valence-electron chi connectivity index (χ3n) is 8.99. The van der Waals surface area contributed by atoms with Gasteiger partial charge in [-0.15, -0.1) is 0 Å². The fourth-order valence-corrected chi connectivity index (χ4v) is 6.47. The lowest BCUT2D eigenvalue weighted by atomic mass is 9.80. The Morgan fingerprint density at radius 1 is 1.04 bits per heavy atom. The summed E-state index contributed by atoms with van der Waals surface area (Å²) in [7, 11) is 0. The monoisotopic (exact) mass is 748 g/mol. The number of guanidine groups is 1. The fraction of sp³-hybridized carbons (Fsp3) is 0.382. The van der Waals surface area contributed by atoms with Crippen molar-refractivity contribution in [3.8, 4) is 17.1 Å². The molecule has 2 aromatic carbocycles. The molecule has 0 bridgehead atoms. The van der Waals surface area contributed by atoms with Crippen LogP contribution in [0.15, 0.2) is 72.2 Å². The van der Waals surface area contributed by atoms with Gasteiger partial charge in [0.1, 0.15) is 18.6 Å². The Bertz CT molecular complexity index is 2000. The van der Waals surface area contributed by atoms with Crippen molar-refractivity contribution < 1.29 is 40.7 Å². The molecule has 3 heterocycles. The Morgan fingerprint density at radius 2 is 1.71 bits per heavy atom. The second-order valence-corrected chi connectivity index (χ2v) is 13.7. The number of aliphatic imine (C=N–C) groups is 1. The number of nitrogens with zero attached hydrogens (tertiary/aromatic N) is 7. The van der Waals surface area contributed by atoms with Crippen LogP contribution in [0, 0.1) is 5.41 Å². The Hall–Kier alpha value is -5.06. The van der Waals surface area contributed by atoms with Crippen LogP contribution in [0.1, 0.15) is 68.9 Å². The molecule has 0 radical (unpaired) electrons. The average molecular weight is 749 g/mol. The van der Waals surface area contributed by atoms with Crippen molar-refractivity contribution in [3.05, 3.63) is 89.2 Å². The largest absolute Gasteiger partial charge is 0.463 e. The first kappa shape index (κ1) is 36.7. The molecule has 1 aliphatic heterocycles. The fourth-order valence-electron chi connectivity index (χ4n) is 6.27. The summed E-state index contributed by atoms with van der Waals surface area (Å²) in [6.07, 6.45) is -5.67. The maximum absolute atomic E-state index is 15.6. The maximum Gasteiger partial charge on any atom is 0.395 e. The minimum absolute atomic E-state index is 0.0573. The molecular weight excluding hydrogens is 718 g/mol. The Balaban J connectivity index is 1.41. The number of alkyl halides is 6. The number of aromatic nitrogens is 5. The van der Waals surface area contributed by atoms with Crippen molar-refractivity contribution in [2.24, 2.45) is 16.1 Å². The summed E-state index contributed by atoms with van der Waals surface area (Å²) in [5.74, 6) is -2.83. The summed E-state index contributed by atoms with van der Waals surface area (Å²) >= 11 is 6.39. The molecule has 52 heavy (non-hydrogen) atoms. The molecule has 2 aromatic heterocycles. The van der Waals surface area contributed by atoms with Crippen molar-refractivity contribution in [2.45, 2.75) is 69.4 Å². The van der Waals surface area contributed by atoms with E-state index >= 15 is 4.39 Å². The Labute approximate surface area is 297 Å². The summed E-state index contributed by atoms with van der Waals surface area (Å²) in [5.41, 5.74) is 1.08. The van der Waals surface area contributed by atoms with E-state index in [9.17, 15) is 31.5 Å². The predicted octanol–water partition coefficient (Wildman–Crippen LogP) is 6.82. The standard InChI is InChI=1S/C34H31ClF6N8O3/c1-31(2,38)17-33(21-7-4-19(5-8-21)27-43-12-3-13-44-27)29(51)48(30(42)47-33)24(16-52-25(50)15-32(10-11-32)34(39,40)41)20-6-9-22(35)23(14-20)49-28(26(36)37)45-18-46-49/h3-9,12-14,18,24,26H,10-11,15-17H2,1-2H3,(H2,42,47)/t24-,33-/m1/s1. The quantitative estimate of drug-likeness (QED) is 0.123. The Kier molecular flexibility index (Phi) is 9.52. The van der Waals surface area contributed by atoms with Gasteiger partial charge in [0.05, 0.1) is 28.6 Å². The number of benzene rings is 2. The number of ether oxygens (including phenoxy) is 1. The van der Waals surface area contributed by atoms with Crippen molar-refractivity contribution in [2.75, 3.05) is 6.61 Å². The van der Waals surface area contributed by atoms with Gasteiger partial charge in [0.15, 0.2) is 23.1 Å². The van der Waals surface area contributed by atoms with E-state index in [0.717, 1.165) is 15.9 Å². The molecule has 1 aliphatic carbocycles. The van der Waals surface area contributed by atoms with Gasteiger partial charge < -0.3 is 10.5 Å². The minimum atomic E-state index is -4.64. The molecule has 274 valence electrons. The average Bonchev–Trinajstić information content (AvgIpc) is 3.63. The molecule has 18 heteroatoms. The van der Waals surface area contributed by atoms with Gasteiger partial charge in [0.25, 0.3) is 12.3 Å². The number of carbonyl (C=O) groups is 2. The predicted molar refractivity (Wildman–Crippen MR) is 175 cm³/mol. The highest BCUT2D eigenvalue weighted by Gasteiger charge is 2.64. The minimum Gasteiger partial charge on any atom is -0.463 e. The smallest absolute Gasteiger partial charge is 0.395 e. The first-order chi connectivity index (χ1) is 24.4. The van der Waals surface area contributed by atoms with Crippen molar-refractivity contribution in [1.82, 2.24) is 29.6 Å². The molecule has 11 nitrogen and oxygen atoms in total. The molecule has 4 aromatic rings. The molecule has 0 spiro atoms. The summed E-state index contributed by atoms with van der Waals surface area (Å²) in [5, 5.41) is 3.79. The zero-order valence-corrected chi connectivity index (χ0v) is 28.4. The lowest BCUT2D eigenvalue weighted by Crippen LogP contribution is -2.48. The lowest BCUT2D eigenvalue weighted by molar-refractivity contribution is -0.195. The van der Waals surface area contributed by atoms with Crippen LogP contribution >= 0.6 is 11.6 Å². The van der Waals surface area contributed by atoms with Gasteiger partial charge in [0, 0.05) is 24.4 Å². The molecule has 2 N–H and O–H groups in total. The molecule has 6 rings (SSSR count). The molecule has 1 amide bonds. The number of amides is 1. The normalized spacial score (nSPS) is 19.2. The third kappa shape index (κ3) is 7.05. The molecule has 0 saturated heterocycles. The van der Waals surface area contributed by atoms with Crippen LogP contribution in [-0.2, 0) is 19.9 Å². The van der Waals surface area contributed by atoms with Crippen molar-refractivity contribution >= 4 is 29.4 Å². The highest BCUT2D eigenvalue weighted by atomic mass is 35.5. The van der Waals surface area contributed by atoms with E-state index in [1.54, 1.807) is 42.7 Å². The SMILES string of the molecule is CC(C)(F)C[C@]1(c2ccc(-c3ncccn3)cc2)N=C(N)N([C@H](COC(=O)CC2(C(F)(F)F)CC2)c2ccc(Cl)c(-n3ncnc3C(F)F)c2)C1=O.